The molecule has 0 rings (SSSR count). The van der Waals surface area contributed by atoms with Gasteiger partial charge in [-0.2, -0.15) is 0 Å². The molecule has 0 radical (unpaired) electrons. The highest BCUT2D eigenvalue weighted by molar-refractivity contribution is 6.70. The molecule has 0 bridgehead atoms. The van der Waals surface area contributed by atoms with E-state index in [1.54, 1.807) is 0 Å². The van der Waals surface area contributed by atoms with Gasteiger partial charge in [-0.05, 0) is 0 Å². The number of halogens is 5. The van der Waals surface area contributed by atoms with Gasteiger partial charge in [0, 0.05) is 0 Å². The zero-order valence-corrected chi connectivity index (χ0v) is 9.96. The number of hydrogen-bond acceptors (Lipinski definition) is 2. The summed E-state index contributed by atoms with van der Waals surface area (Å²) in [6.07, 6.45) is 0. The van der Waals surface area contributed by atoms with Crippen molar-refractivity contribution in [3.05, 3.63) is 0 Å². The predicted octanol–water partition coefficient (Wildman–Crippen LogP) is 2.11. The first-order valence-corrected chi connectivity index (χ1v) is 4.86. The number of carboxylic acid groups (broad SMARTS) is 2. The lowest BCUT2D eigenvalue weighted by Crippen LogP contribution is -2.51. The Hall–Kier alpha value is 0.390. The largest absolute Gasteiger partial charge is 0.480 e. The second-order valence-corrected chi connectivity index (χ2v) is 5.35. The molecule has 0 aliphatic heterocycles. The molecule has 4 nitrogen and oxygen atoms in total. The van der Waals surface area contributed by atoms with Gasteiger partial charge in [0.2, 0.25) is 4.33 Å². The van der Waals surface area contributed by atoms with E-state index in [-0.39, 0.29) is 0 Å². The summed E-state index contributed by atoms with van der Waals surface area (Å²) in [7, 11) is 0. The molecule has 0 saturated heterocycles. The molecule has 0 aromatic rings. The zero-order chi connectivity index (χ0) is 11.7. The number of rotatable bonds is 4. The first kappa shape index (κ1) is 14.4. The van der Waals surface area contributed by atoms with Gasteiger partial charge in [0.25, 0.3) is 0 Å². The minimum Gasteiger partial charge on any atom is -0.480 e. The normalized spacial score (nSPS) is 14.9. The summed E-state index contributed by atoms with van der Waals surface area (Å²) in [5, 5.41) is 15.0. The van der Waals surface area contributed by atoms with Crippen LogP contribution in [0.15, 0.2) is 0 Å². The number of carbonyl (C=O) groups is 2. The van der Waals surface area contributed by atoms with Gasteiger partial charge in [0.15, 0.2) is 9.71 Å². The molecule has 0 saturated carbocycles. The summed E-state index contributed by atoms with van der Waals surface area (Å²) < 4.78 is -5.28. The molecule has 1 atom stereocenters. The van der Waals surface area contributed by atoms with Crippen molar-refractivity contribution in [2.24, 2.45) is 0 Å². The van der Waals surface area contributed by atoms with Crippen LogP contribution in [-0.4, -0.2) is 36.2 Å². The molecule has 1 unspecified atom stereocenters. The van der Waals surface area contributed by atoms with Crippen LogP contribution >= 0.6 is 58.0 Å². The first-order valence-electron chi connectivity index (χ1n) is 2.91. The molecule has 0 aliphatic carbocycles. The van der Waals surface area contributed by atoms with Gasteiger partial charge >= 0.3 is 11.9 Å². The van der Waals surface area contributed by atoms with Crippen LogP contribution in [0.25, 0.3) is 0 Å². The van der Waals surface area contributed by atoms with Crippen molar-refractivity contribution in [3.63, 3.8) is 0 Å². The van der Waals surface area contributed by atoms with Crippen LogP contribution in [-0.2, 0) is 9.59 Å². The van der Waals surface area contributed by atoms with Crippen molar-refractivity contribution < 1.29 is 19.8 Å². The minimum absolute atomic E-state index is 1.64. The van der Waals surface area contributed by atoms with Crippen molar-refractivity contribution in [2.45, 2.75) is 14.0 Å². The topological polar surface area (TPSA) is 74.6 Å². The lowest BCUT2D eigenvalue weighted by molar-refractivity contribution is -0.139. The molecule has 0 fully saturated rings. The molecule has 0 spiro atoms. The van der Waals surface area contributed by atoms with E-state index in [1.807, 2.05) is 0 Å². The molecule has 14 heavy (non-hydrogen) atoms. The third kappa shape index (κ3) is 2.49. The maximum atomic E-state index is 10.5. The van der Waals surface area contributed by atoms with E-state index < -0.39 is 26.0 Å². The third-order valence-electron chi connectivity index (χ3n) is 1.22. The van der Waals surface area contributed by atoms with Crippen LogP contribution in [0, 0.1) is 0 Å². The number of carboxylic acids is 2. The summed E-state index contributed by atoms with van der Waals surface area (Å²) >= 11 is 26.5. The van der Waals surface area contributed by atoms with E-state index in [4.69, 9.17) is 68.2 Å². The second kappa shape index (κ2) is 4.49. The van der Waals surface area contributed by atoms with Crippen LogP contribution in [0.2, 0.25) is 0 Å². The highest BCUT2D eigenvalue weighted by Gasteiger charge is 2.60. The summed E-state index contributed by atoms with van der Waals surface area (Å²) in [6.45, 7) is 0. The van der Waals surface area contributed by atoms with Gasteiger partial charge in [-0.3, -0.25) is 4.79 Å². The molecule has 9 heteroatoms. The molecule has 0 aromatic carbocycles. The Labute approximate surface area is 104 Å². The van der Waals surface area contributed by atoms with Gasteiger partial charge in [-0.25, -0.2) is 4.79 Å². The Balaban J connectivity index is 5.13. The lowest BCUT2D eigenvalue weighted by Gasteiger charge is -2.30. The zero-order valence-electron chi connectivity index (χ0n) is 6.18. The molecular weight excluding hydrogens is 301 g/mol. The SMILES string of the molecule is O=C(O)C(Cl)C(Cl)(Cl)C(Cl)(Cl)C(=O)O. The highest BCUT2D eigenvalue weighted by atomic mass is 35.5. The van der Waals surface area contributed by atoms with Crippen molar-refractivity contribution in [2.75, 3.05) is 0 Å². The first-order chi connectivity index (χ1) is 6.05. The van der Waals surface area contributed by atoms with E-state index >= 15 is 0 Å². The van der Waals surface area contributed by atoms with E-state index in [0.29, 0.717) is 0 Å². The molecular formula is C5H3Cl5O4. The molecule has 82 valence electrons. The smallest absolute Gasteiger partial charge is 0.343 e. The molecule has 0 aliphatic rings. The fourth-order valence-corrected chi connectivity index (χ4v) is 1.30. The standard InChI is InChI=1S/C5H3Cl5O4/c6-1(2(11)12)4(7,8)5(9,10)3(13)14/h1H,(H,11,12)(H,13,14). The number of hydrogen-bond donors (Lipinski definition) is 2. The molecule has 0 aromatic heterocycles. The highest BCUT2D eigenvalue weighted by Crippen LogP contribution is 2.47. The van der Waals surface area contributed by atoms with Crippen LogP contribution in [0.5, 0.6) is 0 Å². The summed E-state index contributed by atoms with van der Waals surface area (Å²) in [4.78, 5) is 20.9. The average Bonchev–Trinajstić information content (AvgIpc) is 2.01. The lowest BCUT2D eigenvalue weighted by atomic mass is 10.2. The Bertz CT molecular complexity index is 263. The van der Waals surface area contributed by atoms with Gasteiger partial charge in [-0.15, -0.1) is 11.6 Å². The maximum Gasteiger partial charge on any atom is 0.343 e. The van der Waals surface area contributed by atoms with Crippen molar-refractivity contribution in [3.8, 4) is 0 Å². The van der Waals surface area contributed by atoms with Crippen molar-refractivity contribution in [1.29, 1.82) is 0 Å². The Morgan fingerprint density at radius 2 is 1.43 bits per heavy atom. The minimum atomic E-state index is -2.72. The van der Waals surface area contributed by atoms with Gasteiger partial charge in [-0.1, -0.05) is 46.4 Å². The van der Waals surface area contributed by atoms with E-state index in [0.717, 1.165) is 0 Å². The fraction of sp³-hybridized carbons (Fsp3) is 0.600. The molecule has 0 amide bonds. The van der Waals surface area contributed by atoms with E-state index in [9.17, 15) is 9.59 Å². The quantitative estimate of drug-likeness (QED) is 0.780. The summed E-state index contributed by atoms with van der Waals surface area (Å²) in [6, 6.07) is 0. The maximum absolute atomic E-state index is 10.5. The summed E-state index contributed by atoms with van der Waals surface area (Å²) in [5.74, 6) is -3.43. The van der Waals surface area contributed by atoms with E-state index in [1.165, 1.54) is 0 Å². The van der Waals surface area contributed by atoms with Crippen molar-refractivity contribution >= 4 is 69.9 Å². The Kier molecular flexibility index (Phi) is 4.62. The van der Waals surface area contributed by atoms with Gasteiger partial charge in [0.1, 0.15) is 0 Å². The Morgan fingerprint density at radius 3 is 1.64 bits per heavy atom. The Morgan fingerprint density at radius 1 is 1.07 bits per heavy atom. The number of alkyl halides is 5. The third-order valence-corrected chi connectivity index (χ3v) is 4.27. The molecule has 0 heterocycles. The van der Waals surface area contributed by atoms with Crippen LogP contribution < -0.4 is 0 Å². The second-order valence-electron chi connectivity index (χ2n) is 2.20. The van der Waals surface area contributed by atoms with Crippen LogP contribution in [0.3, 0.4) is 0 Å². The fourth-order valence-electron chi connectivity index (χ4n) is 0.457. The predicted molar refractivity (Wildman–Crippen MR) is 53.8 cm³/mol. The average molecular weight is 304 g/mol. The van der Waals surface area contributed by atoms with E-state index in [2.05, 4.69) is 0 Å². The van der Waals surface area contributed by atoms with Crippen LogP contribution in [0.1, 0.15) is 0 Å². The van der Waals surface area contributed by atoms with Crippen molar-refractivity contribution in [1.82, 2.24) is 0 Å². The monoisotopic (exact) mass is 302 g/mol. The van der Waals surface area contributed by atoms with Gasteiger partial charge in [0.05, 0.1) is 0 Å². The summed E-state index contributed by atoms with van der Waals surface area (Å²) in [5.41, 5.74) is 0. The molecule has 2 N–H and O–H groups in total. The van der Waals surface area contributed by atoms with Gasteiger partial charge < -0.3 is 10.2 Å². The van der Waals surface area contributed by atoms with Crippen LogP contribution in [0.4, 0.5) is 0 Å². The number of aliphatic carboxylic acids is 2.